The first-order valence-corrected chi connectivity index (χ1v) is 10.3. The minimum absolute atomic E-state index is 0.184. The fourth-order valence-corrected chi connectivity index (χ4v) is 3.68. The summed E-state index contributed by atoms with van der Waals surface area (Å²) >= 11 is 0. The number of hydroxylamine groups is 1. The van der Waals surface area contributed by atoms with E-state index in [1.165, 1.54) is 12.1 Å². The molecule has 7 nitrogen and oxygen atoms in total. The SMILES string of the molecule is C[C@H](CCCCC(=O)NO)CCc1c(Nc2ccc3cc(C(F)(F)F)[nH]c3c2)c(=O)c1=O. The van der Waals surface area contributed by atoms with Gasteiger partial charge in [-0.05, 0) is 43.4 Å². The Kier molecular flexibility index (Phi) is 7.02. The van der Waals surface area contributed by atoms with Crippen molar-refractivity contribution in [3.05, 3.63) is 56.0 Å². The number of amides is 1. The molecule has 4 N–H and O–H groups in total. The number of aromatic amines is 1. The molecule has 0 saturated carbocycles. The summed E-state index contributed by atoms with van der Waals surface area (Å²) in [6, 6.07) is 5.55. The van der Waals surface area contributed by atoms with Crippen molar-refractivity contribution in [3.63, 3.8) is 0 Å². The third-order valence-electron chi connectivity index (χ3n) is 5.57. The Bertz CT molecular complexity index is 1180. The van der Waals surface area contributed by atoms with E-state index in [4.69, 9.17) is 5.21 Å². The Morgan fingerprint density at radius 1 is 1.12 bits per heavy atom. The van der Waals surface area contributed by atoms with Gasteiger partial charge in [-0.3, -0.25) is 19.6 Å². The predicted molar refractivity (Wildman–Crippen MR) is 114 cm³/mol. The normalized spacial score (nSPS) is 12.9. The summed E-state index contributed by atoms with van der Waals surface area (Å²) in [5.74, 6) is -0.162. The number of anilines is 2. The van der Waals surface area contributed by atoms with Crippen molar-refractivity contribution in [1.29, 1.82) is 0 Å². The number of benzene rings is 1. The Hall–Kier alpha value is -3.14. The predicted octanol–water partition coefficient (Wildman–Crippen LogP) is 4.16. The zero-order valence-electron chi connectivity index (χ0n) is 17.4. The molecule has 2 aromatic carbocycles. The number of carbonyl (C=O) groups is 1. The van der Waals surface area contributed by atoms with Crippen molar-refractivity contribution in [2.45, 2.75) is 51.6 Å². The lowest BCUT2D eigenvalue weighted by Gasteiger charge is -2.16. The molecule has 32 heavy (non-hydrogen) atoms. The maximum absolute atomic E-state index is 12.9. The van der Waals surface area contributed by atoms with Crippen molar-refractivity contribution < 1.29 is 23.2 Å². The van der Waals surface area contributed by atoms with Crippen LogP contribution in [-0.4, -0.2) is 16.1 Å². The van der Waals surface area contributed by atoms with E-state index in [1.807, 2.05) is 6.92 Å². The fourth-order valence-electron chi connectivity index (χ4n) is 3.68. The van der Waals surface area contributed by atoms with E-state index in [1.54, 1.807) is 11.5 Å². The maximum Gasteiger partial charge on any atom is 0.431 e. The highest BCUT2D eigenvalue weighted by atomic mass is 19.4. The van der Waals surface area contributed by atoms with Gasteiger partial charge in [0, 0.05) is 28.6 Å². The van der Waals surface area contributed by atoms with Crippen LogP contribution in [0.25, 0.3) is 10.9 Å². The highest BCUT2D eigenvalue weighted by molar-refractivity contribution is 5.85. The van der Waals surface area contributed by atoms with Crippen LogP contribution in [0.1, 0.15) is 50.3 Å². The van der Waals surface area contributed by atoms with Crippen LogP contribution in [0, 0.1) is 5.92 Å². The Labute approximate surface area is 181 Å². The number of alkyl halides is 3. The molecule has 0 radical (unpaired) electrons. The van der Waals surface area contributed by atoms with Gasteiger partial charge in [-0.1, -0.05) is 25.8 Å². The molecule has 10 heteroatoms. The highest BCUT2D eigenvalue weighted by Crippen LogP contribution is 2.32. The number of halogens is 3. The Morgan fingerprint density at radius 2 is 1.88 bits per heavy atom. The second-order valence-electron chi connectivity index (χ2n) is 8.04. The van der Waals surface area contributed by atoms with Gasteiger partial charge in [0.2, 0.25) is 16.8 Å². The van der Waals surface area contributed by atoms with E-state index in [0.29, 0.717) is 35.9 Å². The Morgan fingerprint density at radius 3 is 2.56 bits per heavy atom. The number of unbranched alkanes of at least 4 members (excludes halogenated alkanes) is 1. The van der Waals surface area contributed by atoms with Gasteiger partial charge >= 0.3 is 6.18 Å². The summed E-state index contributed by atoms with van der Waals surface area (Å²) in [7, 11) is 0. The number of hydrogen-bond acceptors (Lipinski definition) is 5. The number of fused-ring (bicyclic) bond motifs is 1. The number of H-pyrrole nitrogens is 1. The molecule has 0 aliphatic carbocycles. The quantitative estimate of drug-likeness (QED) is 0.160. The molecule has 0 aliphatic rings. The molecular weight excluding hydrogens is 427 g/mol. The summed E-state index contributed by atoms with van der Waals surface area (Å²) in [5.41, 5.74) is 0.814. The van der Waals surface area contributed by atoms with Gasteiger partial charge in [-0.25, -0.2) is 5.48 Å². The lowest BCUT2D eigenvalue weighted by molar-refractivity contribution is -0.140. The summed E-state index contributed by atoms with van der Waals surface area (Å²) in [4.78, 5) is 37.4. The highest BCUT2D eigenvalue weighted by Gasteiger charge is 2.32. The molecule has 0 bridgehead atoms. The zero-order valence-corrected chi connectivity index (χ0v) is 17.4. The first-order chi connectivity index (χ1) is 15.1. The van der Waals surface area contributed by atoms with E-state index < -0.39 is 28.6 Å². The number of nitrogens with one attached hydrogen (secondary N) is 3. The molecule has 1 amide bonds. The number of carbonyl (C=O) groups excluding carboxylic acids is 1. The fraction of sp³-hybridized carbons (Fsp3) is 0.409. The topological polar surface area (TPSA) is 111 Å². The number of hydrogen-bond donors (Lipinski definition) is 4. The summed E-state index contributed by atoms with van der Waals surface area (Å²) in [5, 5.41) is 11.7. The largest absolute Gasteiger partial charge is 0.431 e. The molecule has 3 aromatic rings. The van der Waals surface area contributed by atoms with Crippen LogP contribution in [-0.2, 0) is 17.4 Å². The van der Waals surface area contributed by atoms with Crippen molar-refractivity contribution >= 4 is 28.2 Å². The van der Waals surface area contributed by atoms with Crippen molar-refractivity contribution in [2.24, 2.45) is 5.92 Å². The number of rotatable bonds is 10. The van der Waals surface area contributed by atoms with Crippen LogP contribution in [0.5, 0.6) is 0 Å². The van der Waals surface area contributed by atoms with Crippen molar-refractivity contribution in [3.8, 4) is 0 Å². The van der Waals surface area contributed by atoms with Crippen LogP contribution in [0.3, 0.4) is 0 Å². The van der Waals surface area contributed by atoms with Gasteiger partial charge in [0.15, 0.2) is 0 Å². The van der Waals surface area contributed by atoms with E-state index in [0.717, 1.165) is 18.9 Å². The molecule has 0 unspecified atom stereocenters. The molecule has 1 aromatic heterocycles. The number of aromatic nitrogens is 1. The smallest absolute Gasteiger partial charge is 0.352 e. The molecule has 172 valence electrons. The molecule has 0 spiro atoms. The van der Waals surface area contributed by atoms with Crippen LogP contribution in [0.4, 0.5) is 24.5 Å². The minimum atomic E-state index is -4.49. The molecule has 1 heterocycles. The molecule has 3 rings (SSSR count). The van der Waals surface area contributed by atoms with Crippen molar-refractivity contribution in [1.82, 2.24) is 10.5 Å². The van der Waals surface area contributed by atoms with Crippen LogP contribution in [0.15, 0.2) is 33.9 Å². The third-order valence-corrected chi connectivity index (χ3v) is 5.57. The summed E-state index contributed by atoms with van der Waals surface area (Å²) in [6.07, 6.45) is -0.888. The van der Waals surface area contributed by atoms with Gasteiger partial charge in [0.1, 0.15) is 5.69 Å². The first-order valence-electron chi connectivity index (χ1n) is 10.3. The molecule has 0 saturated heterocycles. The third kappa shape index (κ3) is 5.37. The average molecular weight is 451 g/mol. The van der Waals surface area contributed by atoms with Gasteiger partial charge in [-0.15, -0.1) is 0 Å². The summed E-state index contributed by atoms with van der Waals surface area (Å²) in [6.45, 7) is 2.02. The van der Waals surface area contributed by atoms with E-state index in [-0.39, 0.29) is 23.5 Å². The van der Waals surface area contributed by atoms with Gasteiger partial charge in [0.25, 0.3) is 0 Å². The second kappa shape index (κ2) is 9.56. The summed E-state index contributed by atoms with van der Waals surface area (Å²) < 4.78 is 38.6. The standard InChI is InChI=1S/C22H24F3N3O4/c1-12(4-2-3-5-18(29)28-32)6-9-15-19(21(31)20(15)30)26-14-8-7-13-10-17(22(23,24)25)27-16(13)11-14/h7-8,10-12,26-27,32H,2-6,9H2,1H3,(H,28,29)/t12-/m1/s1. The van der Waals surface area contributed by atoms with Gasteiger partial charge in [-0.2, -0.15) is 13.2 Å². The van der Waals surface area contributed by atoms with E-state index in [2.05, 4.69) is 10.3 Å². The van der Waals surface area contributed by atoms with Gasteiger partial charge < -0.3 is 10.3 Å². The van der Waals surface area contributed by atoms with Crippen LogP contribution in [0.2, 0.25) is 0 Å². The van der Waals surface area contributed by atoms with Crippen LogP contribution < -0.4 is 21.7 Å². The van der Waals surface area contributed by atoms with E-state index in [9.17, 15) is 27.6 Å². The lowest BCUT2D eigenvalue weighted by atomic mass is 9.93. The first kappa shape index (κ1) is 23.5. The monoisotopic (exact) mass is 451 g/mol. The molecule has 0 fully saturated rings. The van der Waals surface area contributed by atoms with Crippen LogP contribution >= 0.6 is 0 Å². The lowest BCUT2D eigenvalue weighted by Crippen LogP contribution is -2.38. The van der Waals surface area contributed by atoms with Crippen molar-refractivity contribution in [2.75, 3.05) is 5.32 Å². The molecule has 1 atom stereocenters. The minimum Gasteiger partial charge on any atom is -0.352 e. The zero-order chi connectivity index (χ0) is 23.5. The maximum atomic E-state index is 12.9. The van der Waals surface area contributed by atoms with Gasteiger partial charge in [0.05, 0.1) is 5.69 Å². The Balaban J connectivity index is 1.61. The molecular formula is C22H24F3N3O4. The molecule has 0 aliphatic heterocycles. The van der Waals surface area contributed by atoms with E-state index >= 15 is 0 Å². The average Bonchev–Trinajstić information content (AvgIpc) is 3.19. The second-order valence-corrected chi connectivity index (χ2v) is 8.04.